The van der Waals surface area contributed by atoms with Crippen LogP contribution in [0.1, 0.15) is 17.7 Å². The molecular weight excluding hydrogens is 617 g/mol. The fourth-order valence-corrected chi connectivity index (χ4v) is 8.71. The summed E-state index contributed by atoms with van der Waals surface area (Å²) in [5.41, 5.74) is 9.61. The summed E-state index contributed by atoms with van der Waals surface area (Å²) in [7, 11) is 0. The lowest BCUT2D eigenvalue weighted by molar-refractivity contribution is 0.596. The number of aryl methyl sites for hydroxylation is 1. The van der Waals surface area contributed by atoms with Crippen LogP contribution in [0.25, 0.3) is 104 Å². The third-order valence-corrected chi connectivity index (χ3v) is 11.1. The second-order valence-electron chi connectivity index (χ2n) is 13.9. The number of furan rings is 1. The van der Waals surface area contributed by atoms with E-state index in [2.05, 4.69) is 170 Å². The molecule has 0 atom stereocenters. The van der Waals surface area contributed by atoms with Gasteiger partial charge < -0.3 is 4.42 Å². The molecule has 1 aliphatic carbocycles. The van der Waals surface area contributed by atoms with E-state index in [0.717, 1.165) is 29.7 Å². The first-order valence-electron chi connectivity index (χ1n) is 17.9. The molecule has 1 aliphatic rings. The fraction of sp³-hybridized carbons (Fsp3) is 0.0400. The quantitative estimate of drug-likeness (QED) is 0.174. The number of fused-ring (bicyclic) bond motifs is 8. The molecule has 1 aromatic heterocycles. The maximum atomic E-state index is 6.78. The van der Waals surface area contributed by atoms with Crippen molar-refractivity contribution in [2.24, 2.45) is 0 Å². The van der Waals surface area contributed by atoms with Gasteiger partial charge in [-0.2, -0.15) is 0 Å². The highest BCUT2D eigenvalue weighted by atomic mass is 16.3. The van der Waals surface area contributed by atoms with Gasteiger partial charge in [0.05, 0.1) is 0 Å². The van der Waals surface area contributed by atoms with E-state index in [9.17, 15) is 0 Å². The summed E-state index contributed by atoms with van der Waals surface area (Å²) < 4.78 is 6.78. The Balaban J connectivity index is 1.29. The number of allylic oxidation sites excluding steroid dienone is 1. The third kappa shape index (κ3) is 4.35. The summed E-state index contributed by atoms with van der Waals surface area (Å²) >= 11 is 0. The van der Waals surface area contributed by atoms with E-state index in [-0.39, 0.29) is 0 Å². The molecule has 0 bridgehead atoms. The van der Waals surface area contributed by atoms with Gasteiger partial charge in [0.25, 0.3) is 0 Å². The lowest BCUT2D eigenvalue weighted by Gasteiger charge is -2.19. The van der Waals surface area contributed by atoms with E-state index in [1.54, 1.807) is 0 Å². The predicted molar refractivity (Wildman–Crippen MR) is 217 cm³/mol. The van der Waals surface area contributed by atoms with E-state index in [1.165, 1.54) is 92.6 Å². The van der Waals surface area contributed by atoms with Gasteiger partial charge in [0.1, 0.15) is 11.3 Å². The van der Waals surface area contributed by atoms with Crippen molar-refractivity contribution in [3.8, 4) is 33.4 Å². The number of benzene rings is 9. The molecule has 51 heavy (non-hydrogen) atoms. The number of rotatable bonds is 3. The highest BCUT2D eigenvalue weighted by molar-refractivity contribution is 6.23. The van der Waals surface area contributed by atoms with Crippen LogP contribution < -0.4 is 0 Å². The summed E-state index contributed by atoms with van der Waals surface area (Å²) in [6.45, 7) is 0. The van der Waals surface area contributed by atoms with Crippen LogP contribution >= 0.6 is 0 Å². The predicted octanol–water partition coefficient (Wildman–Crippen LogP) is 14.2. The molecule has 0 aliphatic heterocycles. The SMILES string of the molecule is C1=Cc2oc3c(-c4ccc5c(-c6ccc7ccccc7c6)c6ccccc6c(-c6ccc7ccccc7c6)c5c4)c4ccccc4cc3c2CC1. The minimum atomic E-state index is 0.979. The summed E-state index contributed by atoms with van der Waals surface area (Å²) in [5, 5.41) is 13.7. The van der Waals surface area contributed by atoms with Crippen molar-refractivity contribution < 1.29 is 4.42 Å². The van der Waals surface area contributed by atoms with Gasteiger partial charge in [-0.25, -0.2) is 0 Å². The molecule has 0 amide bonds. The molecule has 0 spiro atoms. The van der Waals surface area contributed by atoms with Gasteiger partial charge >= 0.3 is 0 Å². The lowest BCUT2D eigenvalue weighted by Crippen LogP contribution is -1.93. The maximum Gasteiger partial charge on any atom is 0.143 e. The second kappa shape index (κ2) is 11.0. The fourth-order valence-electron chi connectivity index (χ4n) is 8.71. The Morgan fingerprint density at radius 1 is 0.373 bits per heavy atom. The van der Waals surface area contributed by atoms with Crippen molar-refractivity contribution in [1.29, 1.82) is 0 Å². The second-order valence-corrected chi connectivity index (χ2v) is 13.9. The van der Waals surface area contributed by atoms with Crippen LogP contribution in [0, 0.1) is 0 Å². The zero-order valence-corrected chi connectivity index (χ0v) is 28.0. The van der Waals surface area contributed by atoms with E-state index >= 15 is 0 Å². The standard InChI is InChI=1S/C50H32O/c1-3-13-33-27-36(23-21-31(33)11-1)47-41-18-7-8-19-42(41)48(37-24-22-32-12-2-4-14-34(32)28-37)44-30-38(25-26-43(44)47)49-39-16-6-5-15-35(39)29-45-40-17-9-10-20-46(40)51-50(45)49/h1-8,10-16,18-30H,9,17H2. The maximum absolute atomic E-state index is 6.78. The third-order valence-electron chi connectivity index (χ3n) is 11.1. The number of hydrogen-bond acceptors (Lipinski definition) is 1. The van der Waals surface area contributed by atoms with Crippen LogP contribution in [-0.4, -0.2) is 0 Å². The van der Waals surface area contributed by atoms with Gasteiger partial charge in [-0.1, -0.05) is 140 Å². The first kappa shape index (κ1) is 28.4. The van der Waals surface area contributed by atoms with Crippen LogP contribution in [0.15, 0.2) is 168 Å². The van der Waals surface area contributed by atoms with Crippen molar-refractivity contribution in [2.45, 2.75) is 12.8 Å². The van der Waals surface area contributed by atoms with Crippen molar-refractivity contribution in [3.63, 3.8) is 0 Å². The van der Waals surface area contributed by atoms with Crippen LogP contribution in [0.2, 0.25) is 0 Å². The Hall–Kier alpha value is -6.44. The van der Waals surface area contributed by atoms with Crippen LogP contribution in [0.4, 0.5) is 0 Å². The molecule has 1 heteroatoms. The van der Waals surface area contributed by atoms with E-state index in [1.807, 2.05) is 0 Å². The largest absolute Gasteiger partial charge is 0.456 e. The van der Waals surface area contributed by atoms with Gasteiger partial charge in [-0.3, -0.25) is 0 Å². The normalized spacial score (nSPS) is 12.9. The Morgan fingerprint density at radius 2 is 0.902 bits per heavy atom. The molecule has 0 N–H and O–H groups in total. The van der Waals surface area contributed by atoms with Gasteiger partial charge in [0, 0.05) is 16.5 Å². The first-order valence-corrected chi connectivity index (χ1v) is 17.9. The highest BCUT2D eigenvalue weighted by Gasteiger charge is 2.23. The molecular formula is C50H32O. The van der Waals surface area contributed by atoms with E-state index in [4.69, 9.17) is 4.42 Å². The Bertz CT molecular complexity index is 3080. The molecule has 0 saturated carbocycles. The van der Waals surface area contributed by atoms with E-state index < -0.39 is 0 Å². The Morgan fingerprint density at radius 3 is 1.59 bits per heavy atom. The molecule has 10 aromatic rings. The summed E-state index contributed by atoms with van der Waals surface area (Å²) in [6.07, 6.45) is 6.43. The molecule has 0 radical (unpaired) electrons. The first-order chi connectivity index (χ1) is 25.3. The molecule has 238 valence electrons. The lowest BCUT2D eigenvalue weighted by atomic mass is 9.83. The zero-order valence-electron chi connectivity index (χ0n) is 28.0. The monoisotopic (exact) mass is 648 g/mol. The Labute approximate surface area is 295 Å². The average molecular weight is 649 g/mol. The van der Waals surface area contributed by atoms with Crippen LogP contribution in [0.5, 0.6) is 0 Å². The van der Waals surface area contributed by atoms with Gasteiger partial charge in [-0.15, -0.1) is 0 Å². The zero-order chi connectivity index (χ0) is 33.5. The highest BCUT2D eigenvalue weighted by Crippen LogP contribution is 2.48. The van der Waals surface area contributed by atoms with Crippen LogP contribution in [-0.2, 0) is 6.42 Å². The minimum Gasteiger partial charge on any atom is -0.456 e. The van der Waals surface area contributed by atoms with Gasteiger partial charge in [0.2, 0.25) is 0 Å². The number of hydrogen-bond donors (Lipinski definition) is 0. The topological polar surface area (TPSA) is 13.1 Å². The Kier molecular flexibility index (Phi) is 6.15. The summed E-state index contributed by atoms with van der Waals surface area (Å²) in [6, 6.07) is 58.4. The molecule has 1 heterocycles. The van der Waals surface area contributed by atoms with Gasteiger partial charge in [0.15, 0.2) is 0 Å². The minimum absolute atomic E-state index is 0.979. The van der Waals surface area contributed by atoms with Crippen molar-refractivity contribution >= 4 is 70.9 Å². The van der Waals surface area contributed by atoms with Gasteiger partial charge in [-0.05, 0) is 125 Å². The van der Waals surface area contributed by atoms with Crippen LogP contribution in [0.3, 0.4) is 0 Å². The molecule has 0 fully saturated rings. The summed E-state index contributed by atoms with van der Waals surface area (Å²) in [5.74, 6) is 0.995. The van der Waals surface area contributed by atoms with Crippen molar-refractivity contribution in [1.82, 2.24) is 0 Å². The molecule has 0 unspecified atom stereocenters. The molecule has 11 rings (SSSR count). The average Bonchev–Trinajstić information content (AvgIpc) is 3.56. The van der Waals surface area contributed by atoms with E-state index in [0.29, 0.717) is 0 Å². The van der Waals surface area contributed by atoms with Crippen molar-refractivity contribution in [3.05, 3.63) is 175 Å². The molecule has 0 saturated heterocycles. The molecule has 9 aromatic carbocycles. The summed E-state index contributed by atoms with van der Waals surface area (Å²) in [4.78, 5) is 0. The van der Waals surface area contributed by atoms with Crippen molar-refractivity contribution in [2.75, 3.05) is 0 Å². The smallest absolute Gasteiger partial charge is 0.143 e. The molecule has 1 nitrogen and oxygen atoms in total.